The van der Waals surface area contributed by atoms with Crippen molar-refractivity contribution in [1.82, 2.24) is 0 Å². The van der Waals surface area contributed by atoms with Gasteiger partial charge in [-0.05, 0) is 5.57 Å². The summed E-state index contributed by atoms with van der Waals surface area (Å²) in [5.41, 5.74) is 0.802. The van der Waals surface area contributed by atoms with Crippen molar-refractivity contribution in [2.75, 3.05) is 13.2 Å². The van der Waals surface area contributed by atoms with Gasteiger partial charge in [0.2, 0.25) is 0 Å². The Morgan fingerprint density at radius 2 is 2.50 bits per heavy atom. The third kappa shape index (κ3) is 1.08. The van der Waals surface area contributed by atoms with Gasteiger partial charge in [0.15, 0.2) is 0 Å². The highest BCUT2D eigenvalue weighted by Gasteiger charge is 2.12. The predicted octanol–water partition coefficient (Wildman–Crippen LogP) is 0.324. The molecule has 0 amide bonds. The van der Waals surface area contributed by atoms with Crippen molar-refractivity contribution >= 4 is 0 Å². The molecule has 0 aromatic carbocycles. The van der Waals surface area contributed by atoms with Crippen LogP contribution in [0.2, 0.25) is 0 Å². The molecule has 0 radical (unpaired) electrons. The van der Waals surface area contributed by atoms with E-state index in [1.807, 2.05) is 0 Å². The van der Waals surface area contributed by atoms with E-state index in [4.69, 9.17) is 9.84 Å². The Morgan fingerprint density at radius 3 is 2.88 bits per heavy atom. The highest BCUT2D eigenvalue weighted by molar-refractivity contribution is 5.03. The molecule has 2 heteroatoms. The number of rotatable bonds is 0. The molecule has 1 N–H and O–H groups in total. The van der Waals surface area contributed by atoms with Crippen molar-refractivity contribution in [1.29, 1.82) is 0 Å². The minimum atomic E-state index is -0.316. The van der Waals surface area contributed by atoms with Crippen LogP contribution in [0.1, 0.15) is 6.42 Å². The zero-order valence-corrected chi connectivity index (χ0v) is 4.76. The topological polar surface area (TPSA) is 29.5 Å². The fourth-order valence-electron chi connectivity index (χ4n) is 0.699. The molecule has 1 saturated heterocycles. The van der Waals surface area contributed by atoms with E-state index in [-0.39, 0.29) is 6.10 Å². The Balaban J connectivity index is 2.39. The SMILES string of the molecule is C=C1COCCC1O. The molecule has 0 aromatic heterocycles. The predicted molar refractivity (Wildman–Crippen MR) is 30.6 cm³/mol. The van der Waals surface area contributed by atoms with Crippen molar-refractivity contribution < 1.29 is 9.84 Å². The van der Waals surface area contributed by atoms with Crippen molar-refractivity contribution in [2.45, 2.75) is 12.5 Å². The van der Waals surface area contributed by atoms with Crippen molar-refractivity contribution in [3.05, 3.63) is 12.2 Å². The first-order valence-electron chi connectivity index (χ1n) is 2.74. The lowest BCUT2D eigenvalue weighted by Gasteiger charge is -2.19. The van der Waals surface area contributed by atoms with E-state index >= 15 is 0 Å². The molecule has 8 heavy (non-hydrogen) atoms. The lowest BCUT2D eigenvalue weighted by atomic mass is 10.1. The monoisotopic (exact) mass is 114 g/mol. The summed E-state index contributed by atoms with van der Waals surface area (Å²) >= 11 is 0. The first kappa shape index (κ1) is 5.79. The van der Waals surface area contributed by atoms with E-state index in [1.165, 1.54) is 0 Å². The first-order chi connectivity index (χ1) is 3.80. The van der Waals surface area contributed by atoms with Crippen LogP contribution in [0.15, 0.2) is 12.2 Å². The van der Waals surface area contributed by atoms with Gasteiger partial charge in [-0.3, -0.25) is 0 Å². The molecular formula is C6H10O2. The summed E-state index contributed by atoms with van der Waals surface area (Å²) in [5.74, 6) is 0. The molecule has 0 bridgehead atoms. The van der Waals surface area contributed by atoms with E-state index in [2.05, 4.69) is 6.58 Å². The third-order valence-electron chi connectivity index (χ3n) is 1.29. The van der Waals surface area contributed by atoms with E-state index in [0.29, 0.717) is 19.6 Å². The molecule has 0 aromatic rings. The molecule has 1 rings (SSSR count). The molecule has 1 unspecified atom stereocenters. The van der Waals surface area contributed by atoms with Crippen molar-refractivity contribution in [2.24, 2.45) is 0 Å². The zero-order valence-electron chi connectivity index (χ0n) is 4.76. The molecule has 0 aliphatic carbocycles. The average molecular weight is 114 g/mol. The molecular weight excluding hydrogens is 104 g/mol. The normalized spacial score (nSPS) is 30.6. The Morgan fingerprint density at radius 1 is 1.75 bits per heavy atom. The van der Waals surface area contributed by atoms with Gasteiger partial charge in [0.05, 0.1) is 12.7 Å². The second-order valence-electron chi connectivity index (χ2n) is 2.02. The molecule has 46 valence electrons. The van der Waals surface area contributed by atoms with Gasteiger partial charge in [-0.25, -0.2) is 0 Å². The van der Waals surface area contributed by atoms with Gasteiger partial charge in [0.1, 0.15) is 0 Å². The lowest BCUT2D eigenvalue weighted by molar-refractivity contribution is 0.0592. The van der Waals surface area contributed by atoms with Gasteiger partial charge in [-0.15, -0.1) is 0 Å². The summed E-state index contributed by atoms with van der Waals surface area (Å²) in [6, 6.07) is 0. The Labute approximate surface area is 48.8 Å². The molecule has 0 spiro atoms. The van der Waals surface area contributed by atoms with Crippen LogP contribution < -0.4 is 0 Å². The largest absolute Gasteiger partial charge is 0.389 e. The maximum atomic E-state index is 9.00. The van der Waals surface area contributed by atoms with Crippen LogP contribution in [0.5, 0.6) is 0 Å². The Hall–Kier alpha value is -0.340. The molecule has 1 heterocycles. The van der Waals surface area contributed by atoms with Crippen molar-refractivity contribution in [3.63, 3.8) is 0 Å². The highest BCUT2D eigenvalue weighted by Crippen LogP contribution is 2.09. The summed E-state index contributed by atoms with van der Waals surface area (Å²) in [6.07, 6.45) is 0.391. The van der Waals surface area contributed by atoms with Crippen LogP contribution in [0, 0.1) is 0 Å². The number of aliphatic hydroxyl groups is 1. The molecule has 1 aliphatic rings. The minimum absolute atomic E-state index is 0.316. The van der Waals surface area contributed by atoms with Gasteiger partial charge in [-0.2, -0.15) is 0 Å². The van der Waals surface area contributed by atoms with E-state index < -0.39 is 0 Å². The van der Waals surface area contributed by atoms with Crippen LogP contribution in [0.25, 0.3) is 0 Å². The maximum Gasteiger partial charge on any atom is 0.0791 e. The molecule has 1 atom stereocenters. The van der Waals surface area contributed by atoms with E-state index in [0.717, 1.165) is 5.57 Å². The number of hydrogen-bond acceptors (Lipinski definition) is 2. The van der Waals surface area contributed by atoms with Gasteiger partial charge in [0.25, 0.3) is 0 Å². The summed E-state index contributed by atoms with van der Waals surface area (Å²) in [6.45, 7) is 4.82. The Kier molecular flexibility index (Phi) is 1.65. The highest BCUT2D eigenvalue weighted by atomic mass is 16.5. The minimum Gasteiger partial charge on any atom is -0.389 e. The first-order valence-corrected chi connectivity index (χ1v) is 2.74. The van der Waals surface area contributed by atoms with Gasteiger partial charge >= 0.3 is 0 Å². The second-order valence-corrected chi connectivity index (χ2v) is 2.02. The van der Waals surface area contributed by atoms with Crippen LogP contribution in [0.4, 0.5) is 0 Å². The fourth-order valence-corrected chi connectivity index (χ4v) is 0.699. The summed E-state index contributed by atoms with van der Waals surface area (Å²) < 4.78 is 4.99. The summed E-state index contributed by atoms with van der Waals surface area (Å²) in [5, 5.41) is 9.00. The number of aliphatic hydroxyl groups excluding tert-OH is 1. The van der Waals surface area contributed by atoms with Gasteiger partial charge in [0, 0.05) is 13.0 Å². The summed E-state index contributed by atoms with van der Waals surface area (Å²) in [7, 11) is 0. The van der Waals surface area contributed by atoms with Crippen LogP contribution in [0.3, 0.4) is 0 Å². The number of ether oxygens (including phenoxy) is 1. The average Bonchev–Trinajstić information content (AvgIpc) is 1.77. The van der Waals surface area contributed by atoms with Gasteiger partial charge < -0.3 is 9.84 Å². The smallest absolute Gasteiger partial charge is 0.0791 e. The third-order valence-corrected chi connectivity index (χ3v) is 1.29. The second kappa shape index (κ2) is 2.29. The van der Waals surface area contributed by atoms with Gasteiger partial charge in [-0.1, -0.05) is 6.58 Å². The zero-order chi connectivity index (χ0) is 5.98. The quantitative estimate of drug-likeness (QED) is 0.460. The lowest BCUT2D eigenvalue weighted by Crippen LogP contribution is -2.22. The maximum absolute atomic E-state index is 9.00. The fraction of sp³-hybridized carbons (Fsp3) is 0.667. The molecule has 1 fully saturated rings. The van der Waals surface area contributed by atoms with Crippen LogP contribution >= 0.6 is 0 Å². The van der Waals surface area contributed by atoms with Crippen molar-refractivity contribution in [3.8, 4) is 0 Å². The molecule has 2 nitrogen and oxygen atoms in total. The van der Waals surface area contributed by atoms with Crippen LogP contribution in [-0.2, 0) is 4.74 Å². The number of hydrogen-bond donors (Lipinski definition) is 1. The summed E-state index contributed by atoms with van der Waals surface area (Å²) in [4.78, 5) is 0. The van der Waals surface area contributed by atoms with E-state index in [1.54, 1.807) is 0 Å². The van der Waals surface area contributed by atoms with Crippen LogP contribution in [-0.4, -0.2) is 24.4 Å². The van der Waals surface area contributed by atoms with E-state index in [9.17, 15) is 0 Å². The Bertz CT molecular complexity index is 98.7. The molecule has 1 aliphatic heterocycles. The molecule has 0 saturated carbocycles. The standard InChI is InChI=1S/C6H10O2/c1-5-4-8-3-2-6(5)7/h6-7H,1-4H2.